The maximum absolute atomic E-state index is 13.7. The number of hydrogen-bond acceptors (Lipinski definition) is 2. The Morgan fingerprint density at radius 2 is 1.34 bits per heavy atom. The summed E-state index contributed by atoms with van der Waals surface area (Å²) in [6.07, 6.45) is 1.49. The van der Waals surface area contributed by atoms with Gasteiger partial charge < -0.3 is 10.2 Å². The molecule has 0 fully saturated rings. The standard InChI is InChI=1S/C31H38N2O2/c1-23(2)21-32-31(35)29(20-27-8-6-5-7-9-27)33(22-28-16-12-25(4)13-17-28)30(34)19-18-26-14-10-24(3)11-15-26/h5-17,23,29H,18-22H2,1-4H3,(H,32,35). The smallest absolute Gasteiger partial charge is 0.243 e. The van der Waals surface area contributed by atoms with Crippen molar-refractivity contribution in [3.05, 3.63) is 107 Å². The number of carbonyl (C=O) groups excluding carboxylic acids is 2. The Labute approximate surface area is 210 Å². The summed E-state index contributed by atoms with van der Waals surface area (Å²) in [7, 11) is 0. The number of benzene rings is 3. The first-order chi connectivity index (χ1) is 16.8. The Kier molecular flexibility index (Phi) is 9.66. The fraction of sp³-hybridized carbons (Fsp3) is 0.355. The van der Waals surface area contributed by atoms with E-state index in [4.69, 9.17) is 0 Å². The van der Waals surface area contributed by atoms with Crippen molar-refractivity contribution in [1.29, 1.82) is 0 Å². The summed E-state index contributed by atoms with van der Waals surface area (Å²) in [6, 6.07) is 25.8. The summed E-state index contributed by atoms with van der Waals surface area (Å²) in [6.45, 7) is 9.24. The lowest BCUT2D eigenvalue weighted by Crippen LogP contribution is -2.51. The van der Waals surface area contributed by atoms with Crippen LogP contribution >= 0.6 is 0 Å². The molecule has 0 saturated heterocycles. The average molecular weight is 471 g/mol. The van der Waals surface area contributed by atoms with Crippen molar-refractivity contribution in [2.75, 3.05) is 6.54 Å². The molecule has 4 nitrogen and oxygen atoms in total. The summed E-state index contributed by atoms with van der Waals surface area (Å²) in [5, 5.41) is 3.08. The summed E-state index contributed by atoms with van der Waals surface area (Å²) in [4.78, 5) is 28.9. The van der Waals surface area contributed by atoms with E-state index in [1.807, 2.05) is 49.4 Å². The maximum Gasteiger partial charge on any atom is 0.243 e. The summed E-state index contributed by atoms with van der Waals surface area (Å²) >= 11 is 0. The van der Waals surface area contributed by atoms with Crippen molar-refractivity contribution in [2.24, 2.45) is 5.92 Å². The van der Waals surface area contributed by atoms with E-state index in [1.165, 1.54) is 11.1 Å². The van der Waals surface area contributed by atoms with Crippen molar-refractivity contribution < 1.29 is 9.59 Å². The van der Waals surface area contributed by atoms with E-state index in [0.29, 0.717) is 38.3 Å². The van der Waals surface area contributed by atoms with Crippen LogP contribution in [0.1, 0.15) is 48.1 Å². The predicted octanol–water partition coefficient (Wildman–Crippen LogP) is 5.65. The molecule has 3 rings (SSSR count). The van der Waals surface area contributed by atoms with Crippen molar-refractivity contribution in [1.82, 2.24) is 10.2 Å². The molecule has 3 aromatic rings. The molecule has 1 unspecified atom stereocenters. The third-order valence-corrected chi connectivity index (χ3v) is 6.18. The van der Waals surface area contributed by atoms with Gasteiger partial charge in [0.1, 0.15) is 6.04 Å². The summed E-state index contributed by atoms with van der Waals surface area (Å²) in [5.41, 5.74) is 5.56. The van der Waals surface area contributed by atoms with Gasteiger partial charge >= 0.3 is 0 Å². The van der Waals surface area contributed by atoms with Crippen molar-refractivity contribution in [2.45, 2.75) is 59.5 Å². The second kappa shape index (κ2) is 12.9. The van der Waals surface area contributed by atoms with E-state index in [0.717, 1.165) is 16.7 Å². The summed E-state index contributed by atoms with van der Waals surface area (Å²) in [5.74, 6) is 0.226. The SMILES string of the molecule is Cc1ccc(CCC(=O)N(Cc2ccc(C)cc2)C(Cc2ccccc2)C(=O)NCC(C)C)cc1. The monoisotopic (exact) mass is 470 g/mol. The molecule has 0 aliphatic rings. The molecule has 184 valence electrons. The summed E-state index contributed by atoms with van der Waals surface area (Å²) < 4.78 is 0. The Morgan fingerprint density at radius 1 is 0.771 bits per heavy atom. The van der Waals surface area contributed by atoms with E-state index in [1.54, 1.807) is 4.90 Å². The van der Waals surface area contributed by atoms with Gasteiger partial charge in [-0.2, -0.15) is 0 Å². The minimum Gasteiger partial charge on any atom is -0.354 e. The van der Waals surface area contributed by atoms with Gasteiger partial charge in [-0.3, -0.25) is 9.59 Å². The van der Waals surface area contributed by atoms with E-state index < -0.39 is 6.04 Å². The number of rotatable bonds is 11. The number of carbonyl (C=O) groups is 2. The Morgan fingerprint density at radius 3 is 1.91 bits per heavy atom. The molecule has 0 aliphatic carbocycles. The number of nitrogens with one attached hydrogen (secondary N) is 1. The fourth-order valence-electron chi connectivity index (χ4n) is 4.02. The van der Waals surface area contributed by atoms with Crippen LogP contribution in [0.5, 0.6) is 0 Å². The van der Waals surface area contributed by atoms with Crippen LogP contribution in [0.4, 0.5) is 0 Å². The first-order valence-electron chi connectivity index (χ1n) is 12.5. The Hall–Kier alpha value is -3.40. The molecule has 3 aromatic carbocycles. The molecule has 0 saturated carbocycles. The van der Waals surface area contributed by atoms with Crippen LogP contribution in [0.15, 0.2) is 78.9 Å². The molecule has 0 spiro atoms. The van der Waals surface area contributed by atoms with E-state index >= 15 is 0 Å². The molecule has 0 radical (unpaired) electrons. The fourth-order valence-corrected chi connectivity index (χ4v) is 4.02. The second-order valence-corrected chi connectivity index (χ2v) is 9.84. The van der Waals surface area contributed by atoms with Crippen molar-refractivity contribution >= 4 is 11.8 Å². The molecule has 2 amide bonds. The third kappa shape index (κ3) is 8.40. The van der Waals surface area contributed by atoms with Crippen LogP contribution in [0.3, 0.4) is 0 Å². The zero-order chi connectivity index (χ0) is 25.2. The van der Waals surface area contributed by atoms with E-state index in [9.17, 15) is 9.59 Å². The van der Waals surface area contributed by atoms with Gasteiger partial charge in [-0.25, -0.2) is 0 Å². The van der Waals surface area contributed by atoms with Gasteiger partial charge in [0.05, 0.1) is 0 Å². The highest BCUT2D eigenvalue weighted by molar-refractivity contribution is 5.88. The molecule has 0 heterocycles. The van der Waals surface area contributed by atoms with Crippen LogP contribution in [0.2, 0.25) is 0 Å². The second-order valence-electron chi connectivity index (χ2n) is 9.84. The molecule has 0 aliphatic heterocycles. The topological polar surface area (TPSA) is 49.4 Å². The van der Waals surface area contributed by atoms with Gasteiger partial charge in [0.2, 0.25) is 11.8 Å². The lowest BCUT2D eigenvalue weighted by atomic mass is 10.0. The Balaban J connectivity index is 1.88. The van der Waals surface area contributed by atoms with Gasteiger partial charge in [0.15, 0.2) is 0 Å². The lowest BCUT2D eigenvalue weighted by molar-refractivity contribution is -0.141. The van der Waals surface area contributed by atoms with Crippen LogP contribution in [-0.2, 0) is 29.0 Å². The highest BCUT2D eigenvalue weighted by atomic mass is 16.2. The number of nitrogens with zero attached hydrogens (tertiary/aromatic N) is 1. The lowest BCUT2D eigenvalue weighted by Gasteiger charge is -2.32. The zero-order valence-electron chi connectivity index (χ0n) is 21.5. The van der Waals surface area contributed by atoms with Gasteiger partial charge in [-0.1, -0.05) is 104 Å². The van der Waals surface area contributed by atoms with Crippen LogP contribution < -0.4 is 5.32 Å². The molecule has 4 heteroatoms. The van der Waals surface area contributed by atoms with Gasteiger partial charge in [0, 0.05) is 25.9 Å². The predicted molar refractivity (Wildman–Crippen MR) is 143 cm³/mol. The van der Waals surface area contributed by atoms with Crippen LogP contribution in [0.25, 0.3) is 0 Å². The zero-order valence-corrected chi connectivity index (χ0v) is 21.5. The number of hydrogen-bond donors (Lipinski definition) is 1. The first-order valence-corrected chi connectivity index (χ1v) is 12.5. The maximum atomic E-state index is 13.7. The normalized spacial score (nSPS) is 11.8. The van der Waals surface area contributed by atoms with Crippen LogP contribution in [0, 0.1) is 19.8 Å². The minimum absolute atomic E-state index is 0.00761. The highest BCUT2D eigenvalue weighted by Crippen LogP contribution is 2.18. The molecule has 35 heavy (non-hydrogen) atoms. The van der Waals surface area contributed by atoms with Crippen LogP contribution in [-0.4, -0.2) is 29.3 Å². The molecule has 0 bridgehead atoms. The molecule has 1 atom stereocenters. The van der Waals surface area contributed by atoms with Crippen molar-refractivity contribution in [3.63, 3.8) is 0 Å². The third-order valence-electron chi connectivity index (χ3n) is 6.18. The van der Waals surface area contributed by atoms with Gasteiger partial charge in [0.25, 0.3) is 0 Å². The minimum atomic E-state index is -0.581. The highest BCUT2D eigenvalue weighted by Gasteiger charge is 2.30. The number of aryl methyl sites for hydroxylation is 3. The molecular weight excluding hydrogens is 432 g/mol. The van der Waals surface area contributed by atoms with E-state index in [2.05, 4.69) is 62.5 Å². The van der Waals surface area contributed by atoms with Gasteiger partial charge in [-0.05, 0) is 42.9 Å². The molecule has 1 N–H and O–H groups in total. The quantitative estimate of drug-likeness (QED) is 0.394. The molecule has 0 aromatic heterocycles. The Bertz CT molecular complexity index is 1070. The largest absolute Gasteiger partial charge is 0.354 e. The van der Waals surface area contributed by atoms with Gasteiger partial charge in [-0.15, -0.1) is 0 Å². The average Bonchev–Trinajstić information content (AvgIpc) is 2.86. The number of amides is 2. The van der Waals surface area contributed by atoms with E-state index in [-0.39, 0.29) is 11.8 Å². The first kappa shape index (κ1) is 26.2. The van der Waals surface area contributed by atoms with Crippen molar-refractivity contribution in [3.8, 4) is 0 Å². The molecular formula is C31H38N2O2.